The third-order valence-corrected chi connectivity index (χ3v) is 7.54. The topological polar surface area (TPSA) is 3.88 Å². The molecule has 146 valence electrons. The molecule has 1 aliphatic heterocycles. The Balaban J connectivity index is 1.84. The van der Waals surface area contributed by atoms with Crippen LogP contribution in [0.4, 0.5) is 4.39 Å². The number of hydrogen-bond acceptors (Lipinski definition) is 1. The van der Waals surface area contributed by atoms with Crippen molar-refractivity contribution in [2.24, 2.45) is 7.05 Å². The van der Waals surface area contributed by atoms with Crippen LogP contribution in [0.25, 0.3) is 43.6 Å². The minimum atomic E-state index is -0.156. The van der Waals surface area contributed by atoms with Crippen molar-refractivity contribution in [1.82, 2.24) is 0 Å². The Morgan fingerprint density at radius 3 is 2.50 bits per heavy atom. The summed E-state index contributed by atoms with van der Waals surface area (Å²) in [6.45, 7) is 6.58. The van der Waals surface area contributed by atoms with E-state index in [1.165, 1.54) is 48.5 Å². The Bertz CT molecular complexity index is 1570. The lowest BCUT2D eigenvalue weighted by atomic mass is 9.91. The molecular weight excluding hydrogens is 389 g/mol. The number of fused-ring (bicyclic) bond motifs is 5. The SMILES string of the molecule is Cc1cc(C)c2cc3c(c(C)c2c1)-c1c2c(cc4cccc(F)c4c2cc[n+]1C)S3. The summed E-state index contributed by atoms with van der Waals surface area (Å²) < 4.78 is 17.1. The van der Waals surface area contributed by atoms with Crippen molar-refractivity contribution in [3.8, 4) is 11.3 Å². The van der Waals surface area contributed by atoms with E-state index < -0.39 is 0 Å². The van der Waals surface area contributed by atoms with Gasteiger partial charge < -0.3 is 0 Å². The molecule has 0 radical (unpaired) electrons. The van der Waals surface area contributed by atoms with E-state index in [9.17, 15) is 4.39 Å². The summed E-state index contributed by atoms with van der Waals surface area (Å²) in [6, 6.07) is 16.5. The lowest BCUT2D eigenvalue weighted by Gasteiger charge is -2.22. The summed E-state index contributed by atoms with van der Waals surface area (Å²) in [6.07, 6.45) is 2.07. The van der Waals surface area contributed by atoms with Crippen LogP contribution in [0.2, 0.25) is 0 Å². The Labute approximate surface area is 179 Å². The lowest BCUT2D eigenvalue weighted by molar-refractivity contribution is -0.659. The van der Waals surface area contributed by atoms with E-state index >= 15 is 0 Å². The summed E-state index contributed by atoms with van der Waals surface area (Å²) in [5.74, 6) is -0.156. The smallest absolute Gasteiger partial charge is 0.206 e. The highest BCUT2D eigenvalue weighted by Gasteiger charge is 2.30. The number of rotatable bonds is 0. The van der Waals surface area contributed by atoms with E-state index in [0.29, 0.717) is 5.39 Å². The molecule has 2 heterocycles. The Hall–Kier alpha value is -2.91. The first kappa shape index (κ1) is 17.9. The molecule has 0 N–H and O–H groups in total. The minimum Gasteiger partial charge on any atom is -0.206 e. The molecular formula is C27H21FNS+. The maximum absolute atomic E-state index is 14.9. The molecule has 0 saturated heterocycles. The van der Waals surface area contributed by atoms with Crippen molar-refractivity contribution >= 4 is 44.1 Å². The summed E-state index contributed by atoms with van der Waals surface area (Å²) in [5.41, 5.74) is 6.34. The van der Waals surface area contributed by atoms with Gasteiger partial charge in [-0.1, -0.05) is 41.6 Å². The van der Waals surface area contributed by atoms with Gasteiger partial charge in [0.1, 0.15) is 12.9 Å². The molecule has 1 aromatic heterocycles. The first-order valence-electron chi connectivity index (χ1n) is 10.2. The first-order chi connectivity index (χ1) is 14.4. The van der Waals surface area contributed by atoms with E-state index in [2.05, 4.69) is 68.9 Å². The van der Waals surface area contributed by atoms with Crippen LogP contribution >= 0.6 is 11.8 Å². The Morgan fingerprint density at radius 2 is 1.67 bits per heavy atom. The van der Waals surface area contributed by atoms with Crippen LogP contribution in [0.15, 0.2) is 64.5 Å². The van der Waals surface area contributed by atoms with Crippen molar-refractivity contribution in [1.29, 1.82) is 0 Å². The molecule has 0 atom stereocenters. The monoisotopic (exact) mass is 410 g/mol. The van der Waals surface area contributed by atoms with Gasteiger partial charge in [0.15, 0.2) is 6.20 Å². The highest BCUT2D eigenvalue weighted by Crippen LogP contribution is 2.51. The second-order valence-electron chi connectivity index (χ2n) is 8.43. The molecule has 1 nitrogen and oxygen atoms in total. The molecule has 0 unspecified atom stereocenters. The molecule has 3 heteroatoms. The fraction of sp³-hybridized carbons (Fsp3) is 0.148. The zero-order chi connectivity index (χ0) is 20.7. The van der Waals surface area contributed by atoms with Gasteiger partial charge in [-0.3, -0.25) is 0 Å². The van der Waals surface area contributed by atoms with Gasteiger partial charge in [0.05, 0.1) is 10.9 Å². The molecule has 30 heavy (non-hydrogen) atoms. The normalized spacial score (nSPS) is 12.7. The second kappa shape index (κ2) is 6.05. The van der Waals surface area contributed by atoms with Gasteiger partial charge in [-0.15, -0.1) is 0 Å². The molecule has 1 aliphatic rings. The van der Waals surface area contributed by atoms with Crippen molar-refractivity contribution in [2.45, 2.75) is 30.6 Å². The van der Waals surface area contributed by atoms with E-state index in [1.54, 1.807) is 12.1 Å². The quantitative estimate of drug-likeness (QED) is 0.190. The van der Waals surface area contributed by atoms with Crippen LogP contribution in [0.3, 0.4) is 0 Å². The maximum Gasteiger partial charge on any atom is 0.222 e. The highest BCUT2D eigenvalue weighted by molar-refractivity contribution is 7.99. The fourth-order valence-corrected chi connectivity index (χ4v) is 6.40. The van der Waals surface area contributed by atoms with Crippen molar-refractivity contribution in [3.63, 3.8) is 0 Å². The predicted molar refractivity (Wildman–Crippen MR) is 124 cm³/mol. The first-order valence-corrected chi connectivity index (χ1v) is 11.0. The van der Waals surface area contributed by atoms with Gasteiger partial charge in [-0.05, 0) is 66.3 Å². The standard InChI is InChI=1S/C27H21FNS/c1-14-10-15(2)19-13-23-24(16(3)20(19)11-14)27-26-18(8-9-29(27)4)25-17(12-22(26)30-23)6-5-7-21(25)28/h5-13H,1-4H3/q+1. The predicted octanol–water partition coefficient (Wildman–Crippen LogP) is 7.17. The number of aromatic nitrogens is 1. The van der Waals surface area contributed by atoms with Gasteiger partial charge in [0.25, 0.3) is 0 Å². The van der Waals surface area contributed by atoms with Crippen LogP contribution in [-0.2, 0) is 7.05 Å². The molecule has 0 spiro atoms. The van der Waals surface area contributed by atoms with Crippen molar-refractivity contribution in [2.75, 3.05) is 0 Å². The summed E-state index contributed by atoms with van der Waals surface area (Å²) in [4.78, 5) is 2.48. The molecule has 0 saturated carbocycles. The molecule has 0 amide bonds. The zero-order valence-electron chi connectivity index (χ0n) is 17.4. The van der Waals surface area contributed by atoms with E-state index in [0.717, 1.165) is 16.2 Å². The molecule has 4 aromatic carbocycles. The second-order valence-corrected chi connectivity index (χ2v) is 9.51. The average Bonchev–Trinajstić information content (AvgIpc) is 2.70. The number of hydrogen-bond donors (Lipinski definition) is 0. The average molecular weight is 411 g/mol. The van der Waals surface area contributed by atoms with Crippen LogP contribution in [-0.4, -0.2) is 0 Å². The van der Waals surface area contributed by atoms with Gasteiger partial charge in [-0.2, -0.15) is 0 Å². The molecule has 0 fully saturated rings. The molecule has 5 aromatic rings. The summed E-state index contributed by atoms with van der Waals surface area (Å²) in [7, 11) is 2.09. The van der Waals surface area contributed by atoms with Gasteiger partial charge in [0.2, 0.25) is 5.69 Å². The third kappa shape index (κ3) is 2.27. The molecule has 0 aliphatic carbocycles. The number of halogens is 1. The number of pyridine rings is 1. The Kier molecular flexibility index (Phi) is 3.61. The van der Waals surface area contributed by atoms with Crippen LogP contribution in [0.5, 0.6) is 0 Å². The van der Waals surface area contributed by atoms with Crippen LogP contribution in [0.1, 0.15) is 16.7 Å². The highest BCUT2D eigenvalue weighted by atomic mass is 32.2. The number of aryl methyl sites for hydroxylation is 4. The van der Waals surface area contributed by atoms with E-state index in [4.69, 9.17) is 0 Å². The zero-order valence-corrected chi connectivity index (χ0v) is 18.2. The van der Waals surface area contributed by atoms with Crippen LogP contribution in [0, 0.1) is 26.6 Å². The molecule has 0 bridgehead atoms. The number of benzene rings is 4. The maximum atomic E-state index is 14.9. The lowest BCUT2D eigenvalue weighted by Crippen LogP contribution is -2.31. The van der Waals surface area contributed by atoms with Crippen molar-refractivity contribution < 1.29 is 8.96 Å². The molecule has 6 rings (SSSR count). The van der Waals surface area contributed by atoms with Crippen LogP contribution < -0.4 is 4.57 Å². The Morgan fingerprint density at radius 1 is 0.833 bits per heavy atom. The van der Waals surface area contributed by atoms with Crippen molar-refractivity contribution in [3.05, 3.63) is 77.2 Å². The van der Waals surface area contributed by atoms with E-state index in [1.807, 2.05) is 17.8 Å². The number of nitrogens with zero attached hydrogens (tertiary/aromatic N) is 1. The summed E-state index contributed by atoms with van der Waals surface area (Å²) >= 11 is 1.81. The summed E-state index contributed by atoms with van der Waals surface area (Å²) in [5, 5.41) is 6.44. The van der Waals surface area contributed by atoms with Gasteiger partial charge in [0, 0.05) is 26.6 Å². The van der Waals surface area contributed by atoms with Gasteiger partial charge in [-0.25, -0.2) is 8.96 Å². The third-order valence-electron chi connectivity index (χ3n) is 6.46. The minimum absolute atomic E-state index is 0.156. The fourth-order valence-electron chi connectivity index (χ4n) is 5.14. The van der Waals surface area contributed by atoms with Gasteiger partial charge >= 0.3 is 0 Å². The largest absolute Gasteiger partial charge is 0.222 e. The van der Waals surface area contributed by atoms with E-state index in [-0.39, 0.29) is 5.82 Å².